The number of rotatable bonds is 8. The summed E-state index contributed by atoms with van der Waals surface area (Å²) in [6.07, 6.45) is 0. The highest BCUT2D eigenvalue weighted by molar-refractivity contribution is 5.37. The van der Waals surface area contributed by atoms with Crippen LogP contribution in [0.5, 0.6) is 34.5 Å². The molecule has 0 fully saturated rings. The van der Waals surface area contributed by atoms with Gasteiger partial charge in [-0.2, -0.15) is 0 Å². The molecule has 4 rings (SSSR count). The van der Waals surface area contributed by atoms with Crippen LogP contribution in [-0.2, 0) is 0 Å². The molecule has 0 spiro atoms. The zero-order chi connectivity index (χ0) is 21.5. The highest BCUT2D eigenvalue weighted by atomic mass is 16.9. The first-order chi connectivity index (χ1) is 15.1. The predicted octanol–water partition coefficient (Wildman–Crippen LogP) is 6.77. The first kappa shape index (κ1) is 20.3. The molecule has 0 saturated carbocycles. The summed E-state index contributed by atoms with van der Waals surface area (Å²) >= 11 is 0. The van der Waals surface area contributed by atoms with Crippen molar-refractivity contribution in [3.05, 3.63) is 108 Å². The number of aryl methyl sites for hydroxylation is 2. The standard InChI is InChI=1S/C26H23NO4/c1-19-3-7-21(8-4-19)28-23-11-15-25(16-12-23)30-27-31-26-17-13-24(14-18-26)29-22-9-5-20(2)6-10-22/h3-18,27H,1-2H3. The van der Waals surface area contributed by atoms with E-state index in [9.17, 15) is 0 Å². The highest BCUT2D eigenvalue weighted by Gasteiger charge is 2.01. The van der Waals surface area contributed by atoms with E-state index in [4.69, 9.17) is 19.1 Å². The van der Waals surface area contributed by atoms with Crippen molar-refractivity contribution in [1.82, 2.24) is 5.64 Å². The van der Waals surface area contributed by atoms with Crippen molar-refractivity contribution in [1.29, 1.82) is 0 Å². The third-order valence-corrected chi connectivity index (χ3v) is 4.48. The maximum Gasteiger partial charge on any atom is 0.151 e. The molecule has 5 heteroatoms. The van der Waals surface area contributed by atoms with Crippen LogP contribution in [0.2, 0.25) is 0 Å². The lowest BCUT2D eigenvalue weighted by Gasteiger charge is -2.10. The fourth-order valence-electron chi connectivity index (χ4n) is 2.75. The van der Waals surface area contributed by atoms with E-state index in [0.717, 1.165) is 23.0 Å². The average Bonchev–Trinajstić information content (AvgIpc) is 2.79. The molecule has 5 nitrogen and oxygen atoms in total. The van der Waals surface area contributed by atoms with E-state index >= 15 is 0 Å². The molecule has 31 heavy (non-hydrogen) atoms. The normalized spacial score (nSPS) is 10.4. The molecule has 0 amide bonds. The molecule has 0 aliphatic heterocycles. The van der Waals surface area contributed by atoms with Gasteiger partial charge >= 0.3 is 0 Å². The number of nitrogens with one attached hydrogen (secondary N) is 1. The Morgan fingerprint density at radius 2 is 0.645 bits per heavy atom. The molecule has 0 unspecified atom stereocenters. The Labute approximate surface area is 181 Å². The molecule has 0 aliphatic carbocycles. The van der Waals surface area contributed by atoms with Gasteiger partial charge in [-0.15, -0.1) is 0 Å². The second-order valence-electron chi connectivity index (χ2n) is 7.06. The van der Waals surface area contributed by atoms with E-state index in [2.05, 4.69) is 5.64 Å². The fourth-order valence-corrected chi connectivity index (χ4v) is 2.75. The van der Waals surface area contributed by atoms with Crippen LogP contribution in [0.3, 0.4) is 0 Å². The molecule has 156 valence electrons. The molecule has 0 radical (unpaired) electrons. The Bertz CT molecular complexity index is 999. The maximum absolute atomic E-state index is 5.80. The third kappa shape index (κ3) is 6.01. The van der Waals surface area contributed by atoms with Gasteiger partial charge in [-0.1, -0.05) is 35.4 Å². The van der Waals surface area contributed by atoms with E-state index in [-0.39, 0.29) is 0 Å². The van der Waals surface area contributed by atoms with Gasteiger partial charge < -0.3 is 19.1 Å². The maximum atomic E-state index is 5.80. The largest absolute Gasteiger partial charge is 0.457 e. The lowest BCUT2D eigenvalue weighted by molar-refractivity contribution is -0.0192. The van der Waals surface area contributed by atoms with Crippen molar-refractivity contribution in [2.75, 3.05) is 0 Å². The Morgan fingerprint density at radius 1 is 0.387 bits per heavy atom. The van der Waals surface area contributed by atoms with Gasteiger partial charge in [-0.25, -0.2) is 0 Å². The molecule has 0 atom stereocenters. The molecule has 0 heterocycles. The van der Waals surface area contributed by atoms with Crippen molar-refractivity contribution in [2.45, 2.75) is 13.8 Å². The van der Waals surface area contributed by atoms with Crippen molar-refractivity contribution in [3.8, 4) is 34.5 Å². The van der Waals surface area contributed by atoms with Gasteiger partial charge in [0.05, 0.1) is 0 Å². The fraction of sp³-hybridized carbons (Fsp3) is 0.0769. The van der Waals surface area contributed by atoms with Gasteiger partial charge in [-0.3, -0.25) is 0 Å². The quantitative estimate of drug-likeness (QED) is 0.323. The van der Waals surface area contributed by atoms with Crippen LogP contribution >= 0.6 is 0 Å². The van der Waals surface area contributed by atoms with Crippen LogP contribution in [0.15, 0.2) is 97.1 Å². The Hall–Kier alpha value is -3.96. The molecule has 4 aromatic carbocycles. The number of hydrogen-bond donors (Lipinski definition) is 1. The molecular formula is C26H23NO4. The Kier molecular flexibility index (Phi) is 6.35. The van der Waals surface area contributed by atoms with Crippen LogP contribution in [0.1, 0.15) is 11.1 Å². The lowest BCUT2D eigenvalue weighted by Crippen LogP contribution is -2.22. The second-order valence-corrected chi connectivity index (χ2v) is 7.06. The van der Waals surface area contributed by atoms with Crippen molar-refractivity contribution in [2.24, 2.45) is 0 Å². The molecular weight excluding hydrogens is 390 g/mol. The average molecular weight is 413 g/mol. The summed E-state index contributed by atoms with van der Waals surface area (Å²) in [5.41, 5.74) is 4.87. The first-order valence-corrected chi connectivity index (χ1v) is 9.92. The van der Waals surface area contributed by atoms with E-state index in [1.54, 1.807) is 24.3 Å². The summed E-state index contributed by atoms with van der Waals surface area (Å²) in [6.45, 7) is 4.08. The minimum atomic E-state index is 0.593. The van der Waals surface area contributed by atoms with Crippen LogP contribution < -0.4 is 24.8 Å². The first-order valence-electron chi connectivity index (χ1n) is 9.92. The van der Waals surface area contributed by atoms with E-state index in [1.165, 1.54) is 11.1 Å². The molecule has 0 saturated heterocycles. The number of ether oxygens (including phenoxy) is 2. The summed E-state index contributed by atoms with van der Waals surface area (Å²) in [4.78, 5) is 10.8. The highest BCUT2D eigenvalue weighted by Crippen LogP contribution is 2.25. The minimum Gasteiger partial charge on any atom is -0.457 e. The van der Waals surface area contributed by atoms with Gasteiger partial charge in [0.25, 0.3) is 0 Å². The van der Waals surface area contributed by atoms with Crippen molar-refractivity contribution in [3.63, 3.8) is 0 Å². The van der Waals surface area contributed by atoms with Crippen LogP contribution in [-0.4, -0.2) is 0 Å². The summed E-state index contributed by atoms with van der Waals surface area (Å²) in [5, 5.41) is 0. The Morgan fingerprint density at radius 3 is 0.968 bits per heavy atom. The lowest BCUT2D eigenvalue weighted by atomic mass is 10.2. The Balaban J connectivity index is 1.24. The van der Waals surface area contributed by atoms with Crippen molar-refractivity contribution < 1.29 is 19.1 Å². The summed E-state index contributed by atoms with van der Waals surface area (Å²) in [6, 6.07) is 30.3. The third-order valence-electron chi connectivity index (χ3n) is 4.48. The van der Waals surface area contributed by atoms with E-state index < -0.39 is 0 Å². The van der Waals surface area contributed by atoms with E-state index in [1.807, 2.05) is 86.6 Å². The predicted molar refractivity (Wildman–Crippen MR) is 120 cm³/mol. The minimum absolute atomic E-state index is 0.593. The van der Waals surface area contributed by atoms with Gasteiger partial charge in [0.2, 0.25) is 0 Å². The van der Waals surface area contributed by atoms with Crippen LogP contribution in [0.25, 0.3) is 0 Å². The van der Waals surface area contributed by atoms with Gasteiger partial charge in [0, 0.05) is 5.64 Å². The van der Waals surface area contributed by atoms with Gasteiger partial charge in [-0.05, 0) is 86.6 Å². The number of benzene rings is 4. The van der Waals surface area contributed by atoms with Crippen molar-refractivity contribution >= 4 is 0 Å². The zero-order valence-electron chi connectivity index (χ0n) is 17.4. The van der Waals surface area contributed by atoms with Gasteiger partial charge in [0.15, 0.2) is 11.5 Å². The smallest absolute Gasteiger partial charge is 0.151 e. The molecule has 0 bridgehead atoms. The van der Waals surface area contributed by atoms with Crippen LogP contribution in [0.4, 0.5) is 0 Å². The topological polar surface area (TPSA) is 49.0 Å². The molecule has 0 aromatic heterocycles. The van der Waals surface area contributed by atoms with Gasteiger partial charge in [0.1, 0.15) is 23.0 Å². The van der Waals surface area contributed by atoms with Crippen LogP contribution in [0, 0.1) is 13.8 Å². The summed E-state index contributed by atoms with van der Waals surface area (Å²) in [5.74, 6) is 4.21. The monoisotopic (exact) mass is 413 g/mol. The summed E-state index contributed by atoms with van der Waals surface area (Å²) < 4.78 is 11.6. The van der Waals surface area contributed by atoms with E-state index in [0.29, 0.717) is 11.5 Å². The SMILES string of the molecule is Cc1ccc(Oc2ccc(ONOc3ccc(Oc4ccc(C)cc4)cc3)cc2)cc1. The molecule has 1 N–H and O–H groups in total. The number of hydrogen-bond acceptors (Lipinski definition) is 5. The zero-order valence-corrected chi connectivity index (χ0v) is 17.4. The summed E-state index contributed by atoms with van der Waals surface area (Å²) in [7, 11) is 0. The molecule has 4 aromatic rings. The second kappa shape index (κ2) is 9.69. The molecule has 0 aliphatic rings.